The number of hydrogen-bond donors (Lipinski definition) is 2. The molecule has 0 radical (unpaired) electrons. The second-order valence-electron chi connectivity index (χ2n) is 7.39. The van der Waals surface area contributed by atoms with Crippen molar-refractivity contribution >= 4 is 11.6 Å². The van der Waals surface area contributed by atoms with Crippen LogP contribution in [0, 0.1) is 5.92 Å². The van der Waals surface area contributed by atoms with Crippen molar-refractivity contribution in [2.24, 2.45) is 5.92 Å². The maximum atomic E-state index is 12.3. The Morgan fingerprint density at radius 3 is 2.48 bits per heavy atom. The molecular formula is C22H21ClF3N3O2. The van der Waals surface area contributed by atoms with Crippen LogP contribution >= 0.6 is 11.6 Å². The second kappa shape index (κ2) is 9.53. The predicted molar refractivity (Wildman–Crippen MR) is 114 cm³/mol. The van der Waals surface area contributed by atoms with E-state index in [9.17, 15) is 18.0 Å². The SMILES string of the molecule is CC(C)CNCc1ccc(Cl)c(-c2nc(-c3ccc(OC(F)(F)F)cc3)cc(=O)[nH]2)c1. The number of hydrogen-bond acceptors (Lipinski definition) is 4. The third-order valence-corrected chi connectivity index (χ3v) is 4.62. The standard InChI is InChI=1S/C22H21ClF3N3O2/c1-13(2)11-27-12-14-3-8-18(23)17(9-14)21-28-19(10-20(30)29-21)15-4-6-16(7-5-15)31-22(24,25)26/h3-10,13,27H,11-12H2,1-2H3,(H,28,29,30). The number of nitrogens with zero attached hydrogens (tertiary/aromatic N) is 1. The van der Waals surface area contributed by atoms with Gasteiger partial charge in [0.1, 0.15) is 11.6 Å². The Kier molecular flexibility index (Phi) is 7.02. The molecule has 9 heteroatoms. The Hall–Kier alpha value is -2.84. The van der Waals surface area contributed by atoms with Gasteiger partial charge in [-0.1, -0.05) is 31.5 Å². The van der Waals surface area contributed by atoms with Crippen LogP contribution in [0.5, 0.6) is 5.75 Å². The molecule has 164 valence electrons. The van der Waals surface area contributed by atoms with Gasteiger partial charge in [-0.2, -0.15) is 0 Å². The summed E-state index contributed by atoms with van der Waals surface area (Å²) in [6.45, 7) is 5.72. The molecule has 31 heavy (non-hydrogen) atoms. The zero-order chi connectivity index (χ0) is 22.6. The van der Waals surface area contributed by atoms with Crippen molar-refractivity contribution in [1.29, 1.82) is 0 Å². The Morgan fingerprint density at radius 2 is 1.84 bits per heavy atom. The summed E-state index contributed by atoms with van der Waals surface area (Å²) < 4.78 is 40.9. The van der Waals surface area contributed by atoms with Gasteiger partial charge in [-0.25, -0.2) is 4.98 Å². The highest BCUT2D eigenvalue weighted by atomic mass is 35.5. The number of ether oxygens (including phenoxy) is 1. The highest BCUT2D eigenvalue weighted by Gasteiger charge is 2.31. The highest BCUT2D eigenvalue weighted by Crippen LogP contribution is 2.29. The molecule has 0 saturated carbocycles. The Bertz CT molecular complexity index is 1100. The largest absolute Gasteiger partial charge is 0.573 e. The Balaban J connectivity index is 1.90. The molecule has 0 saturated heterocycles. The van der Waals surface area contributed by atoms with Gasteiger partial charge in [-0.15, -0.1) is 13.2 Å². The van der Waals surface area contributed by atoms with Gasteiger partial charge in [0, 0.05) is 23.7 Å². The lowest BCUT2D eigenvalue weighted by atomic mass is 10.1. The topological polar surface area (TPSA) is 67.0 Å². The van der Waals surface area contributed by atoms with E-state index in [4.69, 9.17) is 11.6 Å². The summed E-state index contributed by atoms with van der Waals surface area (Å²) >= 11 is 6.34. The summed E-state index contributed by atoms with van der Waals surface area (Å²) in [4.78, 5) is 19.4. The van der Waals surface area contributed by atoms with Crippen LogP contribution in [0.1, 0.15) is 19.4 Å². The molecule has 0 aliphatic carbocycles. The van der Waals surface area contributed by atoms with Crippen molar-refractivity contribution in [2.45, 2.75) is 26.8 Å². The molecule has 3 rings (SSSR count). The van der Waals surface area contributed by atoms with Gasteiger partial charge in [0.05, 0.1) is 10.7 Å². The molecule has 0 atom stereocenters. The summed E-state index contributed by atoms with van der Waals surface area (Å²) in [5.74, 6) is 0.425. The molecule has 1 aromatic heterocycles. The Morgan fingerprint density at radius 1 is 1.13 bits per heavy atom. The molecule has 2 N–H and O–H groups in total. The average molecular weight is 452 g/mol. The van der Waals surface area contributed by atoms with Gasteiger partial charge < -0.3 is 15.0 Å². The van der Waals surface area contributed by atoms with E-state index in [1.54, 1.807) is 6.07 Å². The van der Waals surface area contributed by atoms with Crippen LogP contribution < -0.4 is 15.6 Å². The molecule has 0 aliphatic heterocycles. The lowest BCUT2D eigenvalue weighted by Gasteiger charge is -2.11. The van der Waals surface area contributed by atoms with Crippen molar-refractivity contribution in [3.05, 3.63) is 69.5 Å². The van der Waals surface area contributed by atoms with Gasteiger partial charge in [0.15, 0.2) is 0 Å². The molecule has 5 nitrogen and oxygen atoms in total. The predicted octanol–water partition coefficient (Wildman–Crippen LogP) is 5.40. The van der Waals surface area contributed by atoms with Crippen molar-refractivity contribution in [2.75, 3.05) is 6.54 Å². The number of aromatic nitrogens is 2. The molecular weight excluding hydrogens is 431 g/mol. The van der Waals surface area contributed by atoms with Crippen LogP contribution in [-0.4, -0.2) is 22.9 Å². The molecule has 0 bridgehead atoms. The molecule has 3 aromatic rings. The quantitative estimate of drug-likeness (QED) is 0.504. The Labute approximate surface area is 182 Å². The van der Waals surface area contributed by atoms with E-state index < -0.39 is 11.9 Å². The van der Waals surface area contributed by atoms with Gasteiger partial charge in [0.25, 0.3) is 5.56 Å². The van der Waals surface area contributed by atoms with Gasteiger partial charge in [-0.05, 0) is 54.4 Å². The van der Waals surface area contributed by atoms with E-state index in [1.165, 1.54) is 30.3 Å². The minimum atomic E-state index is -4.78. The molecule has 0 amide bonds. The average Bonchev–Trinajstić information content (AvgIpc) is 2.68. The summed E-state index contributed by atoms with van der Waals surface area (Å²) in [5, 5.41) is 3.76. The van der Waals surface area contributed by atoms with Crippen LogP contribution in [0.25, 0.3) is 22.6 Å². The van der Waals surface area contributed by atoms with E-state index in [1.807, 2.05) is 12.1 Å². The first kappa shape index (κ1) is 22.8. The molecule has 1 heterocycles. The summed E-state index contributed by atoms with van der Waals surface area (Å²) in [5.41, 5.74) is 1.89. The van der Waals surface area contributed by atoms with Crippen LogP contribution in [0.15, 0.2) is 53.3 Å². The van der Waals surface area contributed by atoms with E-state index in [-0.39, 0.29) is 11.6 Å². The monoisotopic (exact) mass is 451 g/mol. The summed E-state index contributed by atoms with van der Waals surface area (Å²) in [6.07, 6.45) is -4.78. The van der Waals surface area contributed by atoms with E-state index >= 15 is 0 Å². The third-order valence-electron chi connectivity index (χ3n) is 4.29. The van der Waals surface area contributed by atoms with Crippen molar-refractivity contribution in [1.82, 2.24) is 15.3 Å². The lowest BCUT2D eigenvalue weighted by Crippen LogP contribution is -2.19. The first-order chi connectivity index (χ1) is 14.6. The normalized spacial score (nSPS) is 11.7. The zero-order valence-electron chi connectivity index (χ0n) is 16.9. The maximum Gasteiger partial charge on any atom is 0.573 e. The first-order valence-corrected chi connectivity index (χ1v) is 9.95. The van der Waals surface area contributed by atoms with Crippen molar-refractivity contribution < 1.29 is 17.9 Å². The van der Waals surface area contributed by atoms with Crippen LogP contribution in [0.4, 0.5) is 13.2 Å². The lowest BCUT2D eigenvalue weighted by molar-refractivity contribution is -0.274. The molecule has 0 fully saturated rings. The number of aromatic amines is 1. The maximum absolute atomic E-state index is 12.3. The fourth-order valence-electron chi connectivity index (χ4n) is 2.93. The van der Waals surface area contributed by atoms with E-state index in [2.05, 4.69) is 33.9 Å². The first-order valence-electron chi connectivity index (χ1n) is 9.58. The number of benzene rings is 2. The smallest absolute Gasteiger partial charge is 0.406 e. The second-order valence-corrected chi connectivity index (χ2v) is 7.80. The fourth-order valence-corrected chi connectivity index (χ4v) is 3.14. The van der Waals surface area contributed by atoms with E-state index in [0.717, 1.165) is 12.1 Å². The van der Waals surface area contributed by atoms with Gasteiger partial charge in [0.2, 0.25) is 0 Å². The van der Waals surface area contributed by atoms with Crippen molar-refractivity contribution in [3.8, 4) is 28.4 Å². The third kappa shape index (κ3) is 6.57. The number of nitrogens with one attached hydrogen (secondary N) is 2. The van der Waals surface area contributed by atoms with Gasteiger partial charge in [-0.3, -0.25) is 4.79 Å². The summed E-state index contributed by atoms with van der Waals surface area (Å²) in [7, 11) is 0. The number of alkyl halides is 3. The molecule has 0 spiro atoms. The number of rotatable bonds is 7. The van der Waals surface area contributed by atoms with Crippen LogP contribution in [-0.2, 0) is 6.54 Å². The molecule has 2 aromatic carbocycles. The van der Waals surface area contributed by atoms with Gasteiger partial charge >= 0.3 is 6.36 Å². The number of halogens is 4. The van der Waals surface area contributed by atoms with Crippen LogP contribution in [0.2, 0.25) is 5.02 Å². The number of H-pyrrole nitrogens is 1. The van der Waals surface area contributed by atoms with E-state index in [0.29, 0.717) is 34.3 Å². The zero-order valence-corrected chi connectivity index (χ0v) is 17.6. The minimum Gasteiger partial charge on any atom is -0.406 e. The summed E-state index contributed by atoms with van der Waals surface area (Å²) in [6, 6.07) is 11.9. The fraction of sp³-hybridized carbons (Fsp3) is 0.273. The molecule has 0 aliphatic rings. The molecule has 0 unspecified atom stereocenters. The van der Waals surface area contributed by atoms with Crippen LogP contribution in [0.3, 0.4) is 0 Å². The van der Waals surface area contributed by atoms with Crippen molar-refractivity contribution in [3.63, 3.8) is 0 Å². The minimum absolute atomic E-state index is 0.272. The highest BCUT2D eigenvalue weighted by molar-refractivity contribution is 6.33.